The Morgan fingerprint density at radius 3 is 2.56 bits per heavy atom. The number of benzene rings is 2. The molecule has 0 saturated heterocycles. The Bertz CT molecular complexity index is 1610. The summed E-state index contributed by atoms with van der Waals surface area (Å²) in [6.45, 7) is 6.06. The highest BCUT2D eigenvalue weighted by Gasteiger charge is 2.42. The van der Waals surface area contributed by atoms with Crippen LogP contribution in [0.5, 0.6) is 11.5 Å². The van der Waals surface area contributed by atoms with Gasteiger partial charge in [0.15, 0.2) is 22.7 Å². The predicted molar refractivity (Wildman–Crippen MR) is 146 cm³/mol. The van der Waals surface area contributed by atoms with E-state index in [1.165, 1.54) is 13.4 Å². The number of ether oxygens (including phenoxy) is 3. The second-order valence-electron chi connectivity index (χ2n) is 9.87. The lowest BCUT2D eigenvalue weighted by molar-refractivity contribution is -0.136. The van der Waals surface area contributed by atoms with Crippen LogP contribution in [-0.4, -0.2) is 32.6 Å². The van der Waals surface area contributed by atoms with Gasteiger partial charge in [-0.3, -0.25) is 9.59 Å². The van der Waals surface area contributed by atoms with Crippen LogP contribution in [0.4, 0.5) is 0 Å². The SMILES string of the molecule is CCOc1ccc([C@H]2CC(=O)C3=C(C2)NC(C)=C(C(=O)OC)[C@@H]3c2coc3ccc(C)cc3c2=O)cc1OC. The van der Waals surface area contributed by atoms with Crippen LogP contribution in [0.2, 0.25) is 0 Å². The number of nitrogens with one attached hydrogen (secondary N) is 1. The van der Waals surface area contributed by atoms with Gasteiger partial charge in [0, 0.05) is 29.0 Å². The van der Waals surface area contributed by atoms with Gasteiger partial charge in [0.05, 0.1) is 44.0 Å². The summed E-state index contributed by atoms with van der Waals surface area (Å²) >= 11 is 0. The molecule has 5 rings (SSSR count). The first-order chi connectivity index (χ1) is 18.8. The fourth-order valence-electron chi connectivity index (χ4n) is 5.64. The first kappa shape index (κ1) is 26.3. The third kappa shape index (κ3) is 4.60. The standard InChI is InChI=1S/C31H31NO7/c1-6-38-25-10-8-18(14-26(25)36-4)19-12-22-29(23(33)13-19)28(27(17(3)32-22)31(35)37-5)21-15-39-24-9-7-16(2)11-20(24)30(21)34/h7-11,14-15,19,28,32H,6,12-13H2,1-5H3/t19-,28+/m1/s1. The van der Waals surface area contributed by atoms with Gasteiger partial charge in [0.25, 0.3) is 0 Å². The van der Waals surface area contributed by atoms with E-state index in [0.29, 0.717) is 52.5 Å². The normalized spacial score (nSPS) is 19.1. The van der Waals surface area contributed by atoms with Crippen LogP contribution in [0.3, 0.4) is 0 Å². The first-order valence-electron chi connectivity index (χ1n) is 12.9. The van der Waals surface area contributed by atoms with Crippen LogP contribution >= 0.6 is 0 Å². The highest BCUT2D eigenvalue weighted by molar-refractivity contribution is 6.04. The Balaban J connectivity index is 1.63. The van der Waals surface area contributed by atoms with E-state index in [9.17, 15) is 14.4 Å². The fraction of sp³-hybridized carbons (Fsp3) is 0.323. The summed E-state index contributed by atoms with van der Waals surface area (Å²) in [5, 5.41) is 3.69. The van der Waals surface area contributed by atoms with Gasteiger partial charge < -0.3 is 23.9 Å². The molecule has 2 aliphatic rings. The number of hydrogen-bond acceptors (Lipinski definition) is 8. The van der Waals surface area contributed by atoms with Gasteiger partial charge in [-0.25, -0.2) is 4.79 Å². The second kappa shape index (κ2) is 10.4. The minimum Gasteiger partial charge on any atom is -0.493 e. The van der Waals surface area contributed by atoms with Gasteiger partial charge in [-0.1, -0.05) is 17.7 Å². The number of fused-ring (bicyclic) bond motifs is 1. The lowest BCUT2D eigenvalue weighted by Crippen LogP contribution is -2.37. The molecular formula is C31H31NO7. The molecule has 0 radical (unpaired) electrons. The molecule has 0 spiro atoms. The van der Waals surface area contributed by atoms with Crippen LogP contribution in [0.25, 0.3) is 11.0 Å². The molecule has 0 bridgehead atoms. The summed E-state index contributed by atoms with van der Waals surface area (Å²) in [7, 11) is 2.87. The monoisotopic (exact) mass is 529 g/mol. The number of carbonyl (C=O) groups is 2. The summed E-state index contributed by atoms with van der Waals surface area (Å²) in [6.07, 6.45) is 2.09. The maximum atomic E-state index is 13.9. The minimum atomic E-state index is -0.904. The molecule has 1 aliphatic heterocycles. The van der Waals surface area contributed by atoms with Crippen LogP contribution in [0.15, 0.2) is 74.4 Å². The average molecular weight is 530 g/mol. The molecular weight excluding hydrogens is 498 g/mol. The van der Waals surface area contributed by atoms with Crippen molar-refractivity contribution in [1.82, 2.24) is 5.32 Å². The quantitative estimate of drug-likeness (QED) is 0.443. The van der Waals surface area contributed by atoms with Gasteiger partial charge in [-0.2, -0.15) is 0 Å². The van der Waals surface area contributed by atoms with Crippen molar-refractivity contribution in [3.05, 3.63) is 92.1 Å². The van der Waals surface area contributed by atoms with Crippen molar-refractivity contribution in [1.29, 1.82) is 0 Å². The highest BCUT2D eigenvalue weighted by Crippen LogP contribution is 2.46. The zero-order valence-electron chi connectivity index (χ0n) is 22.7. The Morgan fingerprint density at radius 2 is 1.85 bits per heavy atom. The van der Waals surface area contributed by atoms with Crippen molar-refractivity contribution in [3.63, 3.8) is 0 Å². The maximum absolute atomic E-state index is 13.9. The van der Waals surface area contributed by atoms with E-state index in [2.05, 4.69) is 5.32 Å². The van der Waals surface area contributed by atoms with Crippen molar-refractivity contribution in [2.45, 2.75) is 45.4 Å². The molecule has 1 aromatic heterocycles. The van der Waals surface area contributed by atoms with Gasteiger partial charge >= 0.3 is 5.97 Å². The van der Waals surface area contributed by atoms with Crippen LogP contribution in [0.1, 0.15) is 55.2 Å². The number of ketones is 1. The molecule has 8 nitrogen and oxygen atoms in total. The Morgan fingerprint density at radius 1 is 1.05 bits per heavy atom. The zero-order valence-corrected chi connectivity index (χ0v) is 22.7. The van der Waals surface area contributed by atoms with Crippen molar-refractivity contribution in [2.24, 2.45) is 0 Å². The summed E-state index contributed by atoms with van der Waals surface area (Å²) < 4.78 is 22.1. The Hall–Kier alpha value is -4.33. The smallest absolute Gasteiger partial charge is 0.336 e. The van der Waals surface area contributed by atoms with Crippen molar-refractivity contribution in [2.75, 3.05) is 20.8 Å². The lowest BCUT2D eigenvalue weighted by Gasteiger charge is -2.36. The molecule has 1 N–H and O–H groups in total. The Labute approximate surface area is 226 Å². The third-order valence-electron chi connectivity index (χ3n) is 7.46. The number of hydrogen-bond donors (Lipinski definition) is 1. The molecule has 0 saturated carbocycles. The van der Waals surface area contributed by atoms with Crippen molar-refractivity contribution in [3.8, 4) is 11.5 Å². The van der Waals surface area contributed by atoms with Crippen molar-refractivity contribution >= 4 is 22.7 Å². The number of aryl methyl sites for hydroxylation is 1. The van der Waals surface area contributed by atoms with E-state index >= 15 is 0 Å². The largest absolute Gasteiger partial charge is 0.493 e. The molecule has 2 heterocycles. The topological polar surface area (TPSA) is 104 Å². The van der Waals surface area contributed by atoms with E-state index in [-0.39, 0.29) is 34.7 Å². The summed E-state index contributed by atoms with van der Waals surface area (Å²) in [5.74, 6) is -0.545. The van der Waals surface area contributed by atoms with Crippen LogP contribution < -0.4 is 20.2 Å². The second-order valence-corrected chi connectivity index (χ2v) is 9.87. The van der Waals surface area contributed by atoms with Crippen molar-refractivity contribution < 1.29 is 28.2 Å². The highest BCUT2D eigenvalue weighted by atomic mass is 16.5. The number of rotatable bonds is 6. The van der Waals surface area contributed by atoms with E-state index in [1.54, 1.807) is 26.2 Å². The molecule has 3 aromatic rings. The number of dihydropyridines is 1. The molecule has 1 aliphatic carbocycles. The maximum Gasteiger partial charge on any atom is 0.336 e. The third-order valence-corrected chi connectivity index (χ3v) is 7.46. The van der Waals surface area contributed by atoms with Gasteiger partial charge in [0.2, 0.25) is 0 Å². The van der Waals surface area contributed by atoms with Gasteiger partial charge in [-0.05, 0) is 62.9 Å². The summed E-state index contributed by atoms with van der Waals surface area (Å²) in [6, 6.07) is 11.1. The zero-order chi connectivity index (χ0) is 27.8. The van der Waals surface area contributed by atoms with Crippen LogP contribution in [-0.2, 0) is 14.3 Å². The molecule has 2 aromatic carbocycles. The molecule has 0 amide bonds. The fourth-order valence-corrected chi connectivity index (χ4v) is 5.64. The predicted octanol–water partition coefficient (Wildman–Crippen LogP) is 5.04. The van der Waals surface area contributed by atoms with Gasteiger partial charge in [-0.15, -0.1) is 0 Å². The van der Waals surface area contributed by atoms with E-state index < -0.39 is 11.9 Å². The number of Topliss-reactive ketones (excluding diaryl/α,β-unsaturated/α-hetero) is 1. The van der Waals surface area contributed by atoms with Crippen LogP contribution in [0, 0.1) is 6.92 Å². The van der Waals surface area contributed by atoms with Gasteiger partial charge in [0.1, 0.15) is 5.58 Å². The number of methoxy groups -OCH3 is 2. The molecule has 2 atom stereocenters. The molecule has 202 valence electrons. The van der Waals surface area contributed by atoms with E-state index in [4.69, 9.17) is 18.6 Å². The number of carbonyl (C=O) groups excluding carboxylic acids is 2. The first-order valence-corrected chi connectivity index (χ1v) is 12.9. The lowest BCUT2D eigenvalue weighted by atomic mass is 9.72. The molecule has 0 unspecified atom stereocenters. The van der Waals surface area contributed by atoms with E-state index in [0.717, 1.165) is 11.1 Å². The molecule has 0 fully saturated rings. The summed E-state index contributed by atoms with van der Waals surface area (Å²) in [4.78, 5) is 40.6. The molecule has 39 heavy (non-hydrogen) atoms. The minimum absolute atomic E-state index is 0.128. The summed E-state index contributed by atoms with van der Waals surface area (Å²) in [5.41, 5.74) is 4.08. The molecule has 8 heteroatoms. The number of allylic oxidation sites excluding steroid dienone is 3. The number of esters is 1. The Kier molecular flexibility index (Phi) is 7.04. The average Bonchev–Trinajstić information content (AvgIpc) is 2.92. The van der Waals surface area contributed by atoms with E-state index in [1.807, 2.05) is 38.1 Å².